The molecule has 0 atom stereocenters. The Hall–Kier alpha value is -2.23. The molecule has 7 heteroatoms. The number of nitriles is 1. The monoisotopic (exact) mass is 270 g/mol. The fraction of sp³-hybridized carbons (Fsp3) is 0.417. The van der Waals surface area contributed by atoms with E-state index in [9.17, 15) is 13.6 Å². The van der Waals surface area contributed by atoms with Crippen LogP contribution >= 0.6 is 0 Å². The normalized spacial score (nSPS) is 10.1. The molecule has 0 fully saturated rings. The summed E-state index contributed by atoms with van der Waals surface area (Å²) in [5, 5.41) is 8.81. The largest absolute Gasteiger partial charge is 0.495 e. The highest BCUT2D eigenvalue weighted by Crippen LogP contribution is 2.34. The predicted octanol–water partition coefficient (Wildman–Crippen LogP) is 2.01. The van der Waals surface area contributed by atoms with Gasteiger partial charge in [0.25, 0.3) is 6.43 Å². The standard InChI is InChI=1S/C12H12F2N2O3/c1-3-19-9(17)4-8-10(12(13)14)11(18-2)7(5-15)6-16-8/h6,12H,3-4H2,1-2H3. The van der Waals surface area contributed by atoms with Crippen LogP contribution < -0.4 is 4.74 Å². The quantitative estimate of drug-likeness (QED) is 0.765. The Bertz CT molecular complexity index is 512. The molecule has 0 aliphatic heterocycles. The van der Waals surface area contributed by atoms with E-state index < -0.39 is 24.4 Å². The van der Waals surface area contributed by atoms with Gasteiger partial charge in [0.15, 0.2) is 0 Å². The number of ether oxygens (including phenoxy) is 2. The lowest BCUT2D eigenvalue weighted by Gasteiger charge is -2.13. The zero-order chi connectivity index (χ0) is 14.4. The van der Waals surface area contributed by atoms with Crippen LogP contribution in [0.4, 0.5) is 8.78 Å². The predicted molar refractivity (Wildman–Crippen MR) is 60.8 cm³/mol. The maximum absolute atomic E-state index is 13.0. The van der Waals surface area contributed by atoms with Crippen LogP contribution in [0.1, 0.15) is 30.2 Å². The van der Waals surface area contributed by atoms with Crippen molar-refractivity contribution in [2.24, 2.45) is 0 Å². The molecule has 0 aromatic carbocycles. The summed E-state index contributed by atoms with van der Waals surface area (Å²) >= 11 is 0. The van der Waals surface area contributed by atoms with Crippen LogP contribution in [-0.4, -0.2) is 24.7 Å². The highest BCUT2D eigenvalue weighted by atomic mass is 19.3. The molecule has 1 aromatic heterocycles. The second-order valence-corrected chi connectivity index (χ2v) is 3.46. The van der Waals surface area contributed by atoms with Crippen LogP contribution in [-0.2, 0) is 16.0 Å². The molecule has 0 spiro atoms. The van der Waals surface area contributed by atoms with Crippen LogP contribution in [0.2, 0.25) is 0 Å². The minimum absolute atomic E-state index is 0.106. The van der Waals surface area contributed by atoms with E-state index in [0.717, 1.165) is 6.20 Å². The Morgan fingerprint density at radius 1 is 1.58 bits per heavy atom. The third-order valence-electron chi connectivity index (χ3n) is 2.31. The van der Waals surface area contributed by atoms with Crippen LogP contribution in [0.3, 0.4) is 0 Å². The van der Waals surface area contributed by atoms with E-state index in [1.54, 1.807) is 13.0 Å². The average Bonchev–Trinajstić information content (AvgIpc) is 2.37. The molecular weight excluding hydrogens is 258 g/mol. The van der Waals surface area contributed by atoms with Gasteiger partial charge in [0, 0.05) is 6.20 Å². The molecule has 1 aromatic rings. The molecule has 19 heavy (non-hydrogen) atoms. The second-order valence-electron chi connectivity index (χ2n) is 3.46. The molecule has 0 aliphatic rings. The molecule has 0 radical (unpaired) electrons. The Balaban J connectivity index is 3.25. The topological polar surface area (TPSA) is 72.2 Å². The number of carbonyl (C=O) groups excluding carboxylic acids is 1. The maximum atomic E-state index is 13.0. The third-order valence-corrected chi connectivity index (χ3v) is 2.31. The fourth-order valence-electron chi connectivity index (χ4n) is 1.56. The zero-order valence-corrected chi connectivity index (χ0v) is 10.4. The smallest absolute Gasteiger partial charge is 0.311 e. The number of pyridine rings is 1. The number of hydrogen-bond acceptors (Lipinski definition) is 5. The van der Waals surface area contributed by atoms with Crippen LogP contribution in [0, 0.1) is 11.3 Å². The van der Waals surface area contributed by atoms with Crippen molar-refractivity contribution >= 4 is 5.97 Å². The maximum Gasteiger partial charge on any atom is 0.311 e. The molecule has 0 saturated carbocycles. The van der Waals surface area contributed by atoms with Crippen molar-refractivity contribution in [1.82, 2.24) is 4.98 Å². The highest BCUT2D eigenvalue weighted by molar-refractivity contribution is 5.73. The first-order valence-corrected chi connectivity index (χ1v) is 5.44. The lowest BCUT2D eigenvalue weighted by Crippen LogP contribution is -2.12. The molecule has 0 amide bonds. The lowest BCUT2D eigenvalue weighted by atomic mass is 10.1. The van der Waals surface area contributed by atoms with Gasteiger partial charge in [-0.25, -0.2) is 8.78 Å². The lowest BCUT2D eigenvalue weighted by molar-refractivity contribution is -0.142. The molecule has 0 unspecified atom stereocenters. The number of esters is 1. The first kappa shape index (κ1) is 14.8. The van der Waals surface area contributed by atoms with Crippen molar-refractivity contribution < 1.29 is 23.0 Å². The summed E-state index contributed by atoms with van der Waals surface area (Å²) in [6, 6.07) is 1.71. The van der Waals surface area contributed by atoms with E-state index in [2.05, 4.69) is 9.72 Å². The van der Waals surface area contributed by atoms with Gasteiger partial charge in [-0.3, -0.25) is 9.78 Å². The number of alkyl halides is 2. The Morgan fingerprint density at radius 2 is 2.26 bits per heavy atom. The highest BCUT2D eigenvalue weighted by Gasteiger charge is 2.24. The second kappa shape index (κ2) is 6.64. The summed E-state index contributed by atoms with van der Waals surface area (Å²) in [5.41, 5.74) is -0.802. The van der Waals surface area contributed by atoms with Gasteiger partial charge in [0.1, 0.15) is 17.4 Å². The number of carbonyl (C=O) groups is 1. The van der Waals surface area contributed by atoms with Gasteiger partial charge < -0.3 is 9.47 Å². The van der Waals surface area contributed by atoms with Crippen molar-refractivity contribution in [3.63, 3.8) is 0 Å². The van der Waals surface area contributed by atoms with Gasteiger partial charge >= 0.3 is 5.97 Å². The van der Waals surface area contributed by atoms with Crippen molar-refractivity contribution in [2.75, 3.05) is 13.7 Å². The molecule has 5 nitrogen and oxygen atoms in total. The molecule has 0 saturated heterocycles. The Kier molecular flexibility index (Phi) is 5.18. The molecule has 102 valence electrons. The Morgan fingerprint density at radius 3 is 2.74 bits per heavy atom. The molecule has 0 aliphatic carbocycles. The number of halogens is 2. The molecule has 0 bridgehead atoms. The number of aromatic nitrogens is 1. The summed E-state index contributed by atoms with van der Waals surface area (Å²) in [5.74, 6) is -0.921. The SMILES string of the molecule is CCOC(=O)Cc1ncc(C#N)c(OC)c1C(F)F. The van der Waals surface area contributed by atoms with E-state index in [4.69, 9.17) is 10.00 Å². The van der Waals surface area contributed by atoms with Gasteiger partial charge in [-0.05, 0) is 6.92 Å². The van der Waals surface area contributed by atoms with Gasteiger partial charge in [-0.1, -0.05) is 0 Å². The zero-order valence-electron chi connectivity index (χ0n) is 10.4. The van der Waals surface area contributed by atoms with E-state index in [-0.39, 0.29) is 23.6 Å². The summed E-state index contributed by atoms with van der Waals surface area (Å²) in [7, 11) is 1.18. The van der Waals surface area contributed by atoms with Crippen LogP contribution in [0.25, 0.3) is 0 Å². The molecule has 1 rings (SSSR count). The van der Waals surface area contributed by atoms with Crippen molar-refractivity contribution in [3.8, 4) is 11.8 Å². The van der Waals surface area contributed by atoms with Gasteiger partial charge in [-0.2, -0.15) is 5.26 Å². The summed E-state index contributed by atoms with van der Waals surface area (Å²) in [4.78, 5) is 15.0. The summed E-state index contributed by atoms with van der Waals surface area (Å²) < 4.78 is 35.6. The number of rotatable bonds is 5. The van der Waals surface area contributed by atoms with Gasteiger partial charge in [-0.15, -0.1) is 0 Å². The van der Waals surface area contributed by atoms with E-state index in [1.165, 1.54) is 7.11 Å². The molecule has 0 N–H and O–H groups in total. The number of hydrogen-bond donors (Lipinski definition) is 0. The van der Waals surface area contributed by atoms with Gasteiger partial charge in [0.2, 0.25) is 0 Å². The number of nitrogens with zero attached hydrogens (tertiary/aromatic N) is 2. The van der Waals surface area contributed by atoms with Crippen LogP contribution in [0.5, 0.6) is 5.75 Å². The minimum Gasteiger partial charge on any atom is -0.495 e. The number of methoxy groups -OCH3 is 1. The van der Waals surface area contributed by atoms with Crippen molar-refractivity contribution in [3.05, 3.63) is 23.0 Å². The van der Waals surface area contributed by atoms with Crippen LogP contribution in [0.15, 0.2) is 6.20 Å². The molecular formula is C12H12F2N2O3. The summed E-state index contributed by atoms with van der Waals surface area (Å²) in [6.07, 6.45) is -2.20. The van der Waals surface area contributed by atoms with Crippen molar-refractivity contribution in [2.45, 2.75) is 19.8 Å². The van der Waals surface area contributed by atoms with Crippen molar-refractivity contribution in [1.29, 1.82) is 5.26 Å². The first-order chi connectivity index (χ1) is 9.04. The van der Waals surface area contributed by atoms with E-state index >= 15 is 0 Å². The average molecular weight is 270 g/mol. The van der Waals surface area contributed by atoms with E-state index in [1.807, 2.05) is 0 Å². The first-order valence-electron chi connectivity index (χ1n) is 5.44. The van der Waals surface area contributed by atoms with E-state index in [0.29, 0.717) is 0 Å². The fourth-order valence-corrected chi connectivity index (χ4v) is 1.56. The Labute approximate surface area is 108 Å². The minimum atomic E-state index is -2.90. The summed E-state index contributed by atoms with van der Waals surface area (Å²) in [6.45, 7) is 1.76. The molecule has 1 heterocycles. The van der Waals surface area contributed by atoms with Gasteiger partial charge in [0.05, 0.1) is 31.4 Å². The third kappa shape index (κ3) is 3.37.